The Balaban J connectivity index is 1.38. The molecule has 0 aliphatic carbocycles. The third-order valence-electron chi connectivity index (χ3n) is 7.85. The fourth-order valence-electron chi connectivity index (χ4n) is 5.97. The minimum absolute atomic E-state index is 0.239. The molecule has 0 radical (unpaired) electrons. The van der Waals surface area contributed by atoms with Crippen LogP contribution >= 0.6 is 0 Å². The summed E-state index contributed by atoms with van der Waals surface area (Å²) in [4.78, 5) is 30.9. The van der Waals surface area contributed by atoms with E-state index in [0.29, 0.717) is 13.0 Å². The van der Waals surface area contributed by atoms with Gasteiger partial charge in [-0.2, -0.15) is 0 Å². The van der Waals surface area contributed by atoms with E-state index in [-0.39, 0.29) is 37.1 Å². The second kappa shape index (κ2) is 10.8. The second-order valence-electron chi connectivity index (χ2n) is 10.3. The molecule has 2 saturated heterocycles. The van der Waals surface area contributed by atoms with E-state index in [1.807, 2.05) is 95.9 Å². The average Bonchev–Trinajstić information content (AvgIpc) is 3.31. The Kier molecular flexibility index (Phi) is 6.95. The lowest BCUT2D eigenvalue weighted by Gasteiger charge is -2.46. The SMILES string of the molecule is O=C(NCc1ccc(F)cc1)N1C[C@H](Cc2ccccc2)N2C(=O)OC(c3ccccc3)(c3ccccc3)[C@H]2C1. The summed E-state index contributed by atoms with van der Waals surface area (Å²) >= 11 is 0. The van der Waals surface area contributed by atoms with Crippen molar-refractivity contribution in [2.75, 3.05) is 13.1 Å². The summed E-state index contributed by atoms with van der Waals surface area (Å²) in [5.41, 5.74) is 2.49. The van der Waals surface area contributed by atoms with Gasteiger partial charge in [0.1, 0.15) is 11.9 Å². The van der Waals surface area contributed by atoms with E-state index in [9.17, 15) is 14.0 Å². The fraction of sp³-hybridized carbons (Fsp3) is 0.212. The van der Waals surface area contributed by atoms with Gasteiger partial charge in [0.25, 0.3) is 0 Å². The highest BCUT2D eigenvalue weighted by molar-refractivity contribution is 5.78. The van der Waals surface area contributed by atoms with Crippen molar-refractivity contribution in [1.29, 1.82) is 0 Å². The molecule has 2 aliphatic heterocycles. The lowest BCUT2D eigenvalue weighted by Crippen LogP contribution is -2.64. The molecule has 2 heterocycles. The van der Waals surface area contributed by atoms with E-state index in [1.54, 1.807) is 17.0 Å². The normalized spacial score (nSPS) is 19.6. The first-order valence-electron chi connectivity index (χ1n) is 13.5. The number of urea groups is 1. The van der Waals surface area contributed by atoms with Crippen molar-refractivity contribution in [2.24, 2.45) is 0 Å². The summed E-state index contributed by atoms with van der Waals surface area (Å²) in [6.07, 6.45) is 0.193. The molecule has 40 heavy (non-hydrogen) atoms. The van der Waals surface area contributed by atoms with Crippen LogP contribution in [0, 0.1) is 5.82 Å². The van der Waals surface area contributed by atoms with Crippen LogP contribution in [0.1, 0.15) is 22.3 Å². The highest BCUT2D eigenvalue weighted by atomic mass is 19.1. The van der Waals surface area contributed by atoms with Crippen LogP contribution in [0.2, 0.25) is 0 Å². The molecule has 4 aromatic carbocycles. The molecule has 0 bridgehead atoms. The highest BCUT2D eigenvalue weighted by Crippen LogP contribution is 2.47. The summed E-state index contributed by atoms with van der Waals surface area (Å²) in [5.74, 6) is -0.320. The summed E-state index contributed by atoms with van der Waals surface area (Å²) < 4.78 is 19.8. The lowest BCUT2D eigenvalue weighted by molar-refractivity contribution is 0.0379. The van der Waals surface area contributed by atoms with Gasteiger partial charge in [0.05, 0.1) is 6.04 Å². The summed E-state index contributed by atoms with van der Waals surface area (Å²) in [5, 5.41) is 2.99. The molecule has 6 nitrogen and oxygen atoms in total. The van der Waals surface area contributed by atoms with Crippen molar-refractivity contribution in [3.8, 4) is 0 Å². The van der Waals surface area contributed by atoms with E-state index < -0.39 is 11.6 Å². The molecule has 0 spiro atoms. The zero-order valence-electron chi connectivity index (χ0n) is 21.9. The number of nitrogens with one attached hydrogen (secondary N) is 1. The number of piperazine rings is 1. The van der Waals surface area contributed by atoms with Crippen LogP contribution in [0.5, 0.6) is 0 Å². The number of amides is 3. The Hall–Kier alpha value is -4.65. The Labute approximate surface area is 233 Å². The van der Waals surface area contributed by atoms with Gasteiger partial charge in [-0.25, -0.2) is 14.0 Å². The van der Waals surface area contributed by atoms with Crippen molar-refractivity contribution in [1.82, 2.24) is 15.1 Å². The highest BCUT2D eigenvalue weighted by Gasteiger charge is 2.60. The van der Waals surface area contributed by atoms with Gasteiger partial charge in [-0.15, -0.1) is 0 Å². The molecule has 202 valence electrons. The monoisotopic (exact) mass is 535 g/mol. The number of hydrogen-bond acceptors (Lipinski definition) is 3. The number of hydrogen-bond donors (Lipinski definition) is 1. The van der Waals surface area contributed by atoms with Crippen LogP contribution in [0.25, 0.3) is 0 Å². The van der Waals surface area contributed by atoms with Crippen molar-refractivity contribution >= 4 is 12.1 Å². The van der Waals surface area contributed by atoms with Gasteiger partial charge in [-0.1, -0.05) is 103 Å². The Morgan fingerprint density at radius 3 is 1.98 bits per heavy atom. The van der Waals surface area contributed by atoms with Crippen LogP contribution in [0.4, 0.5) is 14.0 Å². The molecule has 4 aromatic rings. The van der Waals surface area contributed by atoms with Gasteiger partial charge in [-0.3, -0.25) is 4.90 Å². The van der Waals surface area contributed by atoms with Gasteiger partial charge >= 0.3 is 12.1 Å². The maximum Gasteiger partial charge on any atom is 0.411 e. The van der Waals surface area contributed by atoms with Crippen molar-refractivity contribution in [3.05, 3.63) is 143 Å². The first kappa shape index (κ1) is 25.6. The van der Waals surface area contributed by atoms with Gasteiger partial charge < -0.3 is 15.0 Å². The average molecular weight is 536 g/mol. The molecule has 0 saturated carbocycles. The molecule has 2 fully saturated rings. The first-order chi connectivity index (χ1) is 19.5. The number of rotatable bonds is 6. The molecule has 6 rings (SSSR count). The molecule has 7 heteroatoms. The Morgan fingerprint density at radius 1 is 0.800 bits per heavy atom. The van der Waals surface area contributed by atoms with Crippen molar-refractivity contribution in [3.63, 3.8) is 0 Å². The van der Waals surface area contributed by atoms with E-state index in [4.69, 9.17) is 4.74 Å². The molecule has 2 atom stereocenters. The van der Waals surface area contributed by atoms with E-state index in [0.717, 1.165) is 22.3 Å². The van der Waals surface area contributed by atoms with E-state index >= 15 is 0 Å². The summed E-state index contributed by atoms with van der Waals surface area (Å²) in [6.45, 7) is 0.913. The molecule has 3 amide bonds. The van der Waals surface area contributed by atoms with Crippen LogP contribution in [-0.4, -0.2) is 47.1 Å². The smallest absolute Gasteiger partial charge is 0.411 e. The number of cyclic esters (lactones) is 1. The van der Waals surface area contributed by atoms with Crippen LogP contribution in [-0.2, 0) is 23.3 Å². The minimum Gasteiger partial charge on any atom is -0.431 e. The molecule has 0 aromatic heterocycles. The summed E-state index contributed by atoms with van der Waals surface area (Å²) in [6, 6.07) is 34.6. The number of carbonyl (C=O) groups excluding carboxylic acids is 2. The van der Waals surface area contributed by atoms with Gasteiger partial charge in [-0.05, 0) is 29.7 Å². The van der Waals surface area contributed by atoms with E-state index in [1.165, 1.54) is 12.1 Å². The number of fused-ring (bicyclic) bond motifs is 1. The predicted octanol–water partition coefficient (Wildman–Crippen LogP) is 5.73. The van der Waals surface area contributed by atoms with Gasteiger partial charge in [0.15, 0.2) is 5.60 Å². The van der Waals surface area contributed by atoms with Crippen LogP contribution in [0.3, 0.4) is 0 Å². The lowest BCUT2D eigenvalue weighted by atomic mass is 9.78. The third-order valence-corrected chi connectivity index (χ3v) is 7.85. The third kappa shape index (κ3) is 4.79. The fourth-order valence-corrected chi connectivity index (χ4v) is 5.97. The molecule has 0 unspecified atom stereocenters. The molecular weight excluding hydrogens is 505 g/mol. The van der Waals surface area contributed by atoms with Crippen molar-refractivity contribution < 1.29 is 18.7 Å². The van der Waals surface area contributed by atoms with Gasteiger partial charge in [0, 0.05) is 30.8 Å². The molecular formula is C33H30FN3O3. The maximum atomic E-state index is 13.7. The zero-order chi connectivity index (χ0) is 27.5. The topological polar surface area (TPSA) is 61.9 Å². The number of nitrogens with zero attached hydrogens (tertiary/aromatic N) is 2. The van der Waals surface area contributed by atoms with E-state index in [2.05, 4.69) is 5.32 Å². The standard InChI is InChI=1S/C33H30FN3O3/c34-28-18-16-25(17-19-28)21-35-31(38)36-22-29(20-24-10-4-1-5-11-24)37-30(23-36)33(40-32(37)39,26-12-6-2-7-13-26)27-14-8-3-9-15-27/h1-19,29-30H,20-23H2,(H,35,38)/t29-,30+/m0/s1. The predicted molar refractivity (Wildman–Crippen MR) is 150 cm³/mol. The number of halogens is 1. The second-order valence-corrected chi connectivity index (χ2v) is 10.3. The molecule has 2 aliphatic rings. The first-order valence-corrected chi connectivity index (χ1v) is 13.5. The zero-order valence-corrected chi connectivity index (χ0v) is 21.9. The van der Waals surface area contributed by atoms with Crippen LogP contribution < -0.4 is 5.32 Å². The van der Waals surface area contributed by atoms with Crippen LogP contribution in [0.15, 0.2) is 115 Å². The number of ether oxygens (including phenoxy) is 1. The quantitative estimate of drug-likeness (QED) is 0.343. The van der Waals surface area contributed by atoms with Crippen molar-refractivity contribution in [2.45, 2.75) is 30.7 Å². The minimum atomic E-state index is -1.09. The number of carbonyl (C=O) groups is 2. The number of benzene rings is 4. The van der Waals surface area contributed by atoms with Gasteiger partial charge in [0.2, 0.25) is 0 Å². The summed E-state index contributed by atoms with van der Waals surface area (Å²) in [7, 11) is 0. The molecule has 1 N–H and O–H groups in total. The maximum absolute atomic E-state index is 13.7. The Bertz CT molecular complexity index is 1430. The Morgan fingerprint density at radius 2 is 1.38 bits per heavy atom. The largest absolute Gasteiger partial charge is 0.431 e.